The highest BCUT2D eigenvalue weighted by molar-refractivity contribution is 6.74. The second kappa shape index (κ2) is 12.4. The Balaban J connectivity index is 1.91. The van der Waals surface area contributed by atoms with Crippen LogP contribution in [-0.4, -0.2) is 29.0 Å². The Morgan fingerprint density at radius 3 is 1.73 bits per heavy atom. The fourth-order valence-corrected chi connectivity index (χ4v) is 5.84. The Bertz CT molecular complexity index is 1310. The first-order chi connectivity index (χ1) is 19.0. The van der Waals surface area contributed by atoms with Crippen LogP contribution >= 0.6 is 0 Å². The van der Waals surface area contributed by atoms with Gasteiger partial charge in [0.2, 0.25) is 8.32 Å². The maximum atomic E-state index is 7.20. The quantitative estimate of drug-likeness (QED) is 0.105. The summed E-state index contributed by atoms with van der Waals surface area (Å²) in [5.74, 6) is 0.896. The molecule has 4 heteroatoms. The maximum absolute atomic E-state index is 7.20. The number of anilines is 1. The van der Waals surface area contributed by atoms with Crippen molar-refractivity contribution < 1.29 is 9.16 Å². The van der Waals surface area contributed by atoms with Gasteiger partial charge in [0.05, 0.1) is 0 Å². The number of benzene rings is 4. The molecule has 0 aliphatic carbocycles. The smallest absolute Gasteiger partial charge is 0.250 e. The Morgan fingerprint density at radius 2 is 1.23 bits per heavy atom. The van der Waals surface area contributed by atoms with E-state index in [0.29, 0.717) is 6.61 Å². The zero-order chi connectivity index (χ0) is 28.8. The van der Waals surface area contributed by atoms with Gasteiger partial charge in [-0.25, -0.2) is 0 Å². The van der Waals surface area contributed by atoms with E-state index in [4.69, 9.17) is 9.16 Å². The van der Waals surface area contributed by atoms with Crippen LogP contribution < -0.4 is 9.33 Å². The summed E-state index contributed by atoms with van der Waals surface area (Å²) >= 11 is 0. The van der Waals surface area contributed by atoms with E-state index in [1.54, 1.807) is 0 Å². The molecule has 0 spiro atoms. The van der Waals surface area contributed by atoms with E-state index >= 15 is 0 Å². The highest BCUT2D eigenvalue weighted by Gasteiger charge is 2.44. The van der Waals surface area contributed by atoms with Crippen LogP contribution in [0, 0.1) is 0 Å². The van der Waals surface area contributed by atoms with Crippen LogP contribution in [0.3, 0.4) is 0 Å². The van der Waals surface area contributed by atoms with Gasteiger partial charge in [-0.2, -0.15) is 0 Å². The third kappa shape index (κ3) is 6.51. The summed E-state index contributed by atoms with van der Waals surface area (Å²) in [6.45, 7) is 12.1. The van der Waals surface area contributed by atoms with Crippen molar-refractivity contribution in [1.82, 2.24) is 0 Å². The lowest BCUT2D eigenvalue weighted by Crippen LogP contribution is -2.45. The van der Waals surface area contributed by atoms with Crippen LogP contribution in [0.25, 0.3) is 0 Å². The Labute approximate surface area is 242 Å². The predicted molar refractivity (Wildman–Crippen MR) is 172 cm³/mol. The van der Waals surface area contributed by atoms with E-state index < -0.39 is 13.9 Å². The number of rotatable bonds is 11. The molecule has 0 amide bonds. The summed E-state index contributed by atoms with van der Waals surface area (Å²) in [7, 11) is 2.01. The van der Waals surface area contributed by atoms with Gasteiger partial charge in [-0.15, -0.1) is 0 Å². The molecule has 0 N–H and O–H groups in total. The van der Waals surface area contributed by atoms with E-state index in [1.165, 1.54) is 5.56 Å². The molecule has 3 nitrogen and oxygen atoms in total. The van der Waals surface area contributed by atoms with Gasteiger partial charge in [0.15, 0.2) is 0 Å². The summed E-state index contributed by atoms with van der Waals surface area (Å²) in [5.41, 5.74) is 4.83. The average molecular weight is 552 g/mol. The third-order valence-corrected chi connectivity index (χ3v) is 12.5. The molecule has 0 radical (unpaired) electrons. The molecule has 0 heterocycles. The number of hydrogen-bond acceptors (Lipinski definition) is 3. The minimum Gasteiger partial charge on any atom is -0.543 e. The van der Waals surface area contributed by atoms with Crippen LogP contribution in [0.15, 0.2) is 109 Å². The normalized spacial score (nSPS) is 12.3. The highest BCUT2D eigenvalue weighted by atomic mass is 28.4. The molecule has 40 heavy (non-hydrogen) atoms. The first kappa shape index (κ1) is 29.6. The lowest BCUT2D eigenvalue weighted by Gasteiger charge is -2.41. The fraction of sp³-hybridized carbons (Fsp3) is 0.333. The van der Waals surface area contributed by atoms with Crippen molar-refractivity contribution in [2.24, 2.45) is 0 Å². The largest absolute Gasteiger partial charge is 0.543 e. The predicted octanol–water partition coefficient (Wildman–Crippen LogP) is 9.08. The Hall–Kier alpha value is -3.34. The van der Waals surface area contributed by atoms with Gasteiger partial charge < -0.3 is 14.1 Å². The van der Waals surface area contributed by atoms with Crippen molar-refractivity contribution in [2.75, 3.05) is 25.6 Å². The monoisotopic (exact) mass is 551 g/mol. The number of ether oxygens (including phenoxy) is 1. The minimum atomic E-state index is -2.15. The molecule has 0 aliphatic rings. The summed E-state index contributed by atoms with van der Waals surface area (Å²) < 4.78 is 14.3. The van der Waals surface area contributed by atoms with E-state index in [2.05, 4.69) is 162 Å². The first-order valence-electron chi connectivity index (χ1n) is 14.3. The molecule has 4 aromatic rings. The summed E-state index contributed by atoms with van der Waals surface area (Å²) in [5, 5.41) is 0.0587. The van der Waals surface area contributed by atoms with Crippen molar-refractivity contribution >= 4 is 14.0 Å². The van der Waals surface area contributed by atoms with Crippen molar-refractivity contribution in [2.45, 2.75) is 57.3 Å². The zero-order valence-electron chi connectivity index (χ0n) is 25.3. The van der Waals surface area contributed by atoms with E-state index in [9.17, 15) is 0 Å². The molecule has 0 saturated heterocycles. The van der Waals surface area contributed by atoms with Crippen molar-refractivity contribution in [3.63, 3.8) is 0 Å². The van der Waals surface area contributed by atoms with Gasteiger partial charge in [-0.1, -0.05) is 112 Å². The van der Waals surface area contributed by atoms with Crippen molar-refractivity contribution in [1.29, 1.82) is 0 Å². The minimum absolute atomic E-state index is 0.0587. The second-order valence-electron chi connectivity index (χ2n) is 12.3. The SMILES string of the molecule is CN(C)c1ccc(O[Si](C)(C)C(C)(C)C)c(C(OCCCc2ccccc2)(c2ccccc2)c2ccccc2)c1. The molecular formula is C36H45NO2Si. The molecule has 210 valence electrons. The van der Waals surface area contributed by atoms with Crippen LogP contribution in [0.4, 0.5) is 5.69 Å². The first-order valence-corrected chi connectivity index (χ1v) is 17.3. The van der Waals surface area contributed by atoms with Gasteiger partial charge in [-0.05, 0) is 65.9 Å². The zero-order valence-corrected chi connectivity index (χ0v) is 26.3. The van der Waals surface area contributed by atoms with Gasteiger partial charge in [-0.3, -0.25) is 0 Å². The van der Waals surface area contributed by atoms with Crippen LogP contribution in [-0.2, 0) is 16.8 Å². The second-order valence-corrected chi connectivity index (χ2v) is 17.0. The fourth-order valence-electron chi connectivity index (χ4n) is 4.80. The summed E-state index contributed by atoms with van der Waals surface area (Å²) in [4.78, 5) is 2.15. The molecule has 0 aliphatic heterocycles. The van der Waals surface area contributed by atoms with Crippen LogP contribution in [0.5, 0.6) is 5.75 Å². The maximum Gasteiger partial charge on any atom is 0.250 e. The number of nitrogens with zero attached hydrogens (tertiary/aromatic N) is 1. The molecule has 0 aromatic heterocycles. The average Bonchev–Trinajstić information content (AvgIpc) is 2.94. The van der Waals surface area contributed by atoms with E-state index in [1.807, 2.05) is 0 Å². The topological polar surface area (TPSA) is 21.7 Å². The van der Waals surface area contributed by atoms with Crippen LogP contribution in [0.2, 0.25) is 18.1 Å². The number of hydrogen-bond donors (Lipinski definition) is 0. The van der Waals surface area contributed by atoms with Gasteiger partial charge in [0.1, 0.15) is 11.4 Å². The van der Waals surface area contributed by atoms with Gasteiger partial charge in [0, 0.05) is 32.0 Å². The Morgan fingerprint density at radius 1 is 0.700 bits per heavy atom. The lowest BCUT2D eigenvalue weighted by molar-refractivity contribution is 0.0106. The molecule has 0 fully saturated rings. The molecule has 0 unspecified atom stereocenters. The highest BCUT2D eigenvalue weighted by Crippen LogP contribution is 2.48. The van der Waals surface area contributed by atoms with Gasteiger partial charge in [0.25, 0.3) is 0 Å². The van der Waals surface area contributed by atoms with Crippen molar-refractivity contribution in [3.8, 4) is 5.75 Å². The molecular weight excluding hydrogens is 506 g/mol. The standard InChI is InChI=1S/C36H45NO2Si/c1-35(2,3)40(6,7)39-34-26-25-32(37(4)5)28-33(34)36(30-21-13-9-14-22-30,31-23-15-10-16-24-31)38-27-17-20-29-18-11-8-12-19-29/h8-16,18-19,21-26,28H,17,20,27H2,1-7H3. The van der Waals surface area contributed by atoms with E-state index in [-0.39, 0.29) is 5.04 Å². The third-order valence-electron chi connectivity index (χ3n) is 8.16. The Kier molecular flexibility index (Phi) is 9.22. The van der Waals surface area contributed by atoms with Crippen LogP contribution in [0.1, 0.15) is 49.4 Å². The number of aryl methyl sites for hydroxylation is 1. The van der Waals surface area contributed by atoms with Gasteiger partial charge >= 0.3 is 0 Å². The molecule has 0 bridgehead atoms. The molecule has 4 aromatic carbocycles. The molecule has 4 rings (SSSR count). The summed E-state index contributed by atoms with van der Waals surface area (Å²) in [6, 6.07) is 38.5. The molecule has 0 saturated carbocycles. The van der Waals surface area contributed by atoms with Crippen molar-refractivity contribution in [3.05, 3.63) is 131 Å². The lowest BCUT2D eigenvalue weighted by atomic mass is 9.79. The summed E-state index contributed by atoms with van der Waals surface area (Å²) in [6.07, 6.45) is 1.88. The molecule has 0 atom stereocenters. The van der Waals surface area contributed by atoms with E-state index in [0.717, 1.165) is 41.0 Å².